The zero-order valence-electron chi connectivity index (χ0n) is 13.1. The standard InChI is InChI=1S/C18H23N3.ClH/c1-13-2-4-15-10-14(3-7-18(15)19-13)11-21-9-8-16-5-6-17(12-21)20-16;/h2-4,7,10,16-17,20H,5-6,8-9,11-12H2,1H3;1H. The molecule has 0 aliphatic carbocycles. The summed E-state index contributed by atoms with van der Waals surface area (Å²) in [5.74, 6) is 0. The van der Waals surface area contributed by atoms with E-state index in [9.17, 15) is 0 Å². The molecule has 1 aromatic carbocycles. The summed E-state index contributed by atoms with van der Waals surface area (Å²) < 4.78 is 0. The molecule has 2 fully saturated rings. The molecule has 0 spiro atoms. The van der Waals surface area contributed by atoms with Crippen LogP contribution in [0.15, 0.2) is 30.3 Å². The number of aromatic nitrogens is 1. The molecule has 0 radical (unpaired) electrons. The molecule has 3 heterocycles. The molecule has 2 unspecified atom stereocenters. The van der Waals surface area contributed by atoms with Gasteiger partial charge in [0.15, 0.2) is 0 Å². The molecule has 1 aromatic heterocycles. The zero-order valence-corrected chi connectivity index (χ0v) is 13.9. The van der Waals surface area contributed by atoms with Crippen LogP contribution in [0.5, 0.6) is 0 Å². The Hall–Kier alpha value is -1.16. The number of nitrogens with zero attached hydrogens (tertiary/aromatic N) is 2. The number of rotatable bonds is 2. The van der Waals surface area contributed by atoms with Crippen LogP contribution in [0.2, 0.25) is 0 Å². The molecule has 2 aromatic rings. The molecule has 2 bridgehead atoms. The minimum atomic E-state index is 0. The molecule has 2 aliphatic rings. The second kappa shape index (κ2) is 6.53. The number of pyridine rings is 1. The molecular formula is C18H24ClN3. The quantitative estimate of drug-likeness (QED) is 0.921. The van der Waals surface area contributed by atoms with Gasteiger partial charge in [-0.05, 0) is 49.9 Å². The maximum atomic E-state index is 4.59. The monoisotopic (exact) mass is 317 g/mol. The summed E-state index contributed by atoms with van der Waals surface area (Å²) in [6.45, 7) is 5.53. The average Bonchev–Trinajstić information content (AvgIpc) is 2.82. The summed E-state index contributed by atoms with van der Waals surface area (Å²) in [5, 5.41) is 5.01. The van der Waals surface area contributed by atoms with Crippen molar-refractivity contribution >= 4 is 23.3 Å². The highest BCUT2D eigenvalue weighted by molar-refractivity contribution is 5.85. The van der Waals surface area contributed by atoms with E-state index >= 15 is 0 Å². The van der Waals surface area contributed by atoms with Gasteiger partial charge in [-0.25, -0.2) is 0 Å². The molecule has 2 saturated heterocycles. The minimum absolute atomic E-state index is 0. The Bertz CT molecular complexity index is 658. The smallest absolute Gasteiger partial charge is 0.0705 e. The van der Waals surface area contributed by atoms with Crippen LogP contribution in [0.1, 0.15) is 30.5 Å². The molecule has 0 amide bonds. The summed E-state index contributed by atoms with van der Waals surface area (Å²) in [6.07, 6.45) is 4.02. The second-order valence-corrected chi connectivity index (χ2v) is 6.64. The van der Waals surface area contributed by atoms with Crippen molar-refractivity contribution in [2.45, 2.75) is 44.8 Å². The van der Waals surface area contributed by atoms with Crippen LogP contribution < -0.4 is 5.32 Å². The maximum Gasteiger partial charge on any atom is 0.0705 e. The predicted octanol–water partition coefficient (Wildman–Crippen LogP) is 3.29. The third-order valence-electron chi connectivity index (χ3n) is 4.91. The number of nitrogens with one attached hydrogen (secondary N) is 1. The van der Waals surface area contributed by atoms with Crippen LogP contribution in [0.25, 0.3) is 10.9 Å². The number of benzene rings is 1. The lowest BCUT2D eigenvalue weighted by Crippen LogP contribution is -2.34. The van der Waals surface area contributed by atoms with Gasteiger partial charge in [-0.3, -0.25) is 9.88 Å². The lowest BCUT2D eigenvalue weighted by molar-refractivity contribution is 0.251. The SMILES string of the molecule is Cc1ccc2cc(CN3CCC4CCC(C3)N4)ccc2n1.Cl. The molecule has 2 atom stereocenters. The Kier molecular flexibility index (Phi) is 4.67. The normalized spacial score (nSPS) is 25.0. The molecular weight excluding hydrogens is 294 g/mol. The van der Waals surface area contributed by atoms with Gasteiger partial charge in [0.05, 0.1) is 5.52 Å². The number of fused-ring (bicyclic) bond motifs is 3. The number of likely N-dealkylation sites (tertiary alicyclic amines) is 1. The summed E-state index contributed by atoms with van der Waals surface area (Å²) in [6, 6.07) is 12.5. The predicted molar refractivity (Wildman–Crippen MR) is 93.6 cm³/mol. The van der Waals surface area contributed by atoms with Crippen molar-refractivity contribution in [3.05, 3.63) is 41.6 Å². The topological polar surface area (TPSA) is 28.2 Å². The van der Waals surface area contributed by atoms with E-state index < -0.39 is 0 Å². The highest BCUT2D eigenvalue weighted by Crippen LogP contribution is 2.22. The average molecular weight is 318 g/mol. The summed E-state index contributed by atoms with van der Waals surface area (Å²) in [4.78, 5) is 7.20. The van der Waals surface area contributed by atoms with Crippen molar-refractivity contribution in [1.82, 2.24) is 15.2 Å². The molecule has 118 valence electrons. The van der Waals surface area contributed by atoms with E-state index in [-0.39, 0.29) is 12.4 Å². The van der Waals surface area contributed by atoms with Crippen LogP contribution in [0, 0.1) is 6.92 Å². The van der Waals surface area contributed by atoms with E-state index in [0.717, 1.165) is 23.8 Å². The van der Waals surface area contributed by atoms with Crippen molar-refractivity contribution < 1.29 is 0 Å². The number of aryl methyl sites for hydroxylation is 1. The van der Waals surface area contributed by atoms with Crippen LogP contribution in [0.4, 0.5) is 0 Å². The van der Waals surface area contributed by atoms with E-state index in [0.29, 0.717) is 6.04 Å². The number of hydrogen-bond acceptors (Lipinski definition) is 3. The lowest BCUT2D eigenvalue weighted by atomic mass is 10.1. The first-order valence-corrected chi connectivity index (χ1v) is 8.11. The van der Waals surface area contributed by atoms with Gasteiger partial charge in [0, 0.05) is 42.8 Å². The molecule has 1 N–H and O–H groups in total. The fourth-order valence-corrected chi connectivity index (χ4v) is 3.79. The van der Waals surface area contributed by atoms with Gasteiger partial charge in [-0.1, -0.05) is 12.1 Å². The first-order chi connectivity index (χ1) is 10.3. The fraction of sp³-hybridized carbons (Fsp3) is 0.500. The van der Waals surface area contributed by atoms with Gasteiger partial charge in [0.2, 0.25) is 0 Å². The van der Waals surface area contributed by atoms with Crippen LogP contribution in [0.3, 0.4) is 0 Å². The first kappa shape index (κ1) is 15.7. The molecule has 2 aliphatic heterocycles. The zero-order chi connectivity index (χ0) is 14.2. The highest BCUT2D eigenvalue weighted by Gasteiger charge is 2.28. The molecule has 0 saturated carbocycles. The third-order valence-corrected chi connectivity index (χ3v) is 4.91. The van der Waals surface area contributed by atoms with Gasteiger partial charge < -0.3 is 5.32 Å². The molecule has 3 nitrogen and oxygen atoms in total. The van der Waals surface area contributed by atoms with E-state index in [1.165, 1.54) is 43.3 Å². The Morgan fingerprint density at radius 3 is 2.91 bits per heavy atom. The van der Waals surface area contributed by atoms with Crippen molar-refractivity contribution in [3.8, 4) is 0 Å². The second-order valence-electron chi connectivity index (χ2n) is 6.64. The van der Waals surface area contributed by atoms with Gasteiger partial charge in [0.25, 0.3) is 0 Å². The Morgan fingerprint density at radius 2 is 2.00 bits per heavy atom. The molecule has 22 heavy (non-hydrogen) atoms. The third kappa shape index (κ3) is 3.27. The summed E-state index contributed by atoms with van der Waals surface area (Å²) >= 11 is 0. The van der Waals surface area contributed by atoms with Gasteiger partial charge in [-0.2, -0.15) is 0 Å². The first-order valence-electron chi connectivity index (χ1n) is 8.11. The summed E-state index contributed by atoms with van der Waals surface area (Å²) in [5.41, 5.74) is 3.60. The maximum absolute atomic E-state index is 4.59. The van der Waals surface area contributed by atoms with Crippen molar-refractivity contribution in [2.24, 2.45) is 0 Å². The van der Waals surface area contributed by atoms with Crippen LogP contribution in [-0.2, 0) is 6.54 Å². The Morgan fingerprint density at radius 1 is 1.14 bits per heavy atom. The Labute approximate surface area is 138 Å². The van der Waals surface area contributed by atoms with Gasteiger partial charge >= 0.3 is 0 Å². The van der Waals surface area contributed by atoms with E-state index in [1.54, 1.807) is 0 Å². The molecule has 4 rings (SSSR count). The minimum Gasteiger partial charge on any atom is -0.310 e. The number of halogens is 1. The van der Waals surface area contributed by atoms with E-state index in [2.05, 4.69) is 45.5 Å². The lowest BCUT2D eigenvalue weighted by Gasteiger charge is -2.24. The molecule has 4 heteroatoms. The number of hydrogen-bond donors (Lipinski definition) is 1. The largest absolute Gasteiger partial charge is 0.310 e. The summed E-state index contributed by atoms with van der Waals surface area (Å²) in [7, 11) is 0. The van der Waals surface area contributed by atoms with Gasteiger partial charge in [0.1, 0.15) is 0 Å². The van der Waals surface area contributed by atoms with Crippen LogP contribution in [-0.4, -0.2) is 35.1 Å². The van der Waals surface area contributed by atoms with Crippen molar-refractivity contribution in [1.29, 1.82) is 0 Å². The van der Waals surface area contributed by atoms with Crippen molar-refractivity contribution in [3.63, 3.8) is 0 Å². The fourth-order valence-electron chi connectivity index (χ4n) is 3.79. The Balaban J connectivity index is 0.00000144. The van der Waals surface area contributed by atoms with Gasteiger partial charge in [-0.15, -0.1) is 12.4 Å². The van der Waals surface area contributed by atoms with Crippen molar-refractivity contribution in [2.75, 3.05) is 13.1 Å². The van der Waals surface area contributed by atoms with Crippen LogP contribution >= 0.6 is 12.4 Å². The highest BCUT2D eigenvalue weighted by atomic mass is 35.5. The van der Waals surface area contributed by atoms with E-state index in [4.69, 9.17) is 0 Å². The van der Waals surface area contributed by atoms with E-state index in [1.807, 2.05) is 6.92 Å².